The first-order valence-electron chi connectivity index (χ1n) is 11.9. The van der Waals surface area contributed by atoms with Gasteiger partial charge in [-0.1, -0.05) is 58.3 Å². The van der Waals surface area contributed by atoms with Crippen LogP contribution in [0.15, 0.2) is 0 Å². The predicted molar refractivity (Wildman–Crippen MR) is 120 cm³/mol. The molecule has 5 unspecified atom stereocenters. The molecule has 2 heterocycles. The highest BCUT2D eigenvalue weighted by molar-refractivity contribution is 6.44. The molecule has 1 saturated carbocycles. The minimum atomic E-state index is -0.405. The minimum absolute atomic E-state index is 0.0406. The molecule has 3 rings (SSSR count). The second-order valence-corrected chi connectivity index (χ2v) is 10.3. The topological polar surface area (TPSA) is 50.1 Å². The highest BCUT2D eigenvalue weighted by atomic mass is 35.5. The van der Waals surface area contributed by atoms with Crippen molar-refractivity contribution in [3.63, 3.8) is 0 Å². The Bertz CT molecular complexity index is 520. The maximum atomic E-state index is 12.6. The van der Waals surface area contributed by atoms with E-state index < -0.39 is 4.84 Å². The summed E-state index contributed by atoms with van der Waals surface area (Å²) in [6.45, 7) is 2.24. The molecule has 3 nitrogen and oxygen atoms in total. The van der Waals surface area contributed by atoms with Crippen LogP contribution in [0.5, 0.6) is 0 Å². The van der Waals surface area contributed by atoms with Crippen LogP contribution in [0.3, 0.4) is 0 Å². The Balaban J connectivity index is 1.56. The van der Waals surface area contributed by atoms with Gasteiger partial charge < -0.3 is 4.74 Å². The predicted octanol–water partition coefficient (Wildman–Crippen LogP) is 7.38. The monoisotopic (exact) mass is 443 g/mol. The van der Waals surface area contributed by atoms with E-state index >= 15 is 0 Å². The van der Waals surface area contributed by atoms with Gasteiger partial charge in [-0.25, -0.2) is 0 Å². The zero-order valence-electron chi connectivity index (χ0n) is 18.1. The summed E-state index contributed by atoms with van der Waals surface area (Å²) in [7, 11) is 0. The van der Waals surface area contributed by atoms with E-state index in [1.807, 2.05) is 0 Å². The molecule has 3 fully saturated rings. The zero-order chi connectivity index (χ0) is 21.1. The summed E-state index contributed by atoms with van der Waals surface area (Å²) in [5.41, 5.74) is 0. The van der Waals surface area contributed by atoms with E-state index in [9.17, 15) is 10.1 Å². The van der Waals surface area contributed by atoms with E-state index in [1.54, 1.807) is 0 Å². The maximum Gasteiger partial charge on any atom is 0.161 e. The molecule has 2 aliphatic heterocycles. The molecular formula is C24H39Cl2NO2. The molecule has 0 amide bonds. The molecule has 29 heavy (non-hydrogen) atoms. The van der Waals surface area contributed by atoms with Gasteiger partial charge in [0.25, 0.3) is 0 Å². The number of ketones is 1. The first kappa shape index (κ1) is 25.0. The molecule has 2 saturated heterocycles. The lowest BCUT2D eigenvalue weighted by Crippen LogP contribution is -2.51. The van der Waals surface area contributed by atoms with Crippen molar-refractivity contribution in [3.05, 3.63) is 0 Å². The Labute approximate surface area is 187 Å². The number of carbonyl (C=O) groups is 1. The Morgan fingerprint density at radius 2 is 1.69 bits per heavy atom. The molecule has 5 atom stereocenters. The van der Waals surface area contributed by atoms with Crippen molar-refractivity contribution in [2.45, 2.75) is 120 Å². The van der Waals surface area contributed by atoms with E-state index in [-0.39, 0.29) is 35.7 Å². The van der Waals surface area contributed by atoms with Gasteiger partial charge in [0, 0.05) is 18.3 Å². The van der Waals surface area contributed by atoms with Crippen molar-refractivity contribution >= 4 is 29.0 Å². The Morgan fingerprint density at radius 1 is 1.03 bits per heavy atom. The standard InChI is InChI=1S/C24H39Cl2NO2/c1-2-3-4-5-6-7-8-11-18(17-27)12-9-10-13-21(28)23-19-14-15-22(29-23)20(16-19)24(25)26/h18-20,22-24H,2-16H2,1H3. The largest absolute Gasteiger partial charge is 0.367 e. The highest BCUT2D eigenvalue weighted by Gasteiger charge is 2.46. The molecule has 1 aliphatic carbocycles. The van der Waals surface area contributed by atoms with E-state index in [4.69, 9.17) is 27.9 Å². The number of Topliss-reactive ketones (excluding diaryl/α,β-unsaturated/α-hetero) is 1. The van der Waals surface area contributed by atoms with Crippen molar-refractivity contribution in [1.82, 2.24) is 0 Å². The van der Waals surface area contributed by atoms with Gasteiger partial charge in [0.2, 0.25) is 0 Å². The minimum Gasteiger partial charge on any atom is -0.367 e. The fourth-order valence-corrected chi connectivity index (χ4v) is 5.54. The molecule has 3 aliphatic rings. The normalized spacial score (nSPS) is 27.1. The van der Waals surface area contributed by atoms with Crippen LogP contribution in [0.1, 0.15) is 103 Å². The number of hydrogen-bond acceptors (Lipinski definition) is 3. The number of halogens is 2. The van der Waals surface area contributed by atoms with E-state index in [1.165, 1.54) is 38.5 Å². The van der Waals surface area contributed by atoms with E-state index in [2.05, 4.69) is 13.0 Å². The summed E-state index contributed by atoms with van der Waals surface area (Å²) in [5, 5.41) is 9.39. The molecule has 166 valence electrons. The number of ether oxygens (including phenoxy) is 1. The highest BCUT2D eigenvalue weighted by Crippen LogP contribution is 2.45. The summed E-state index contributed by atoms with van der Waals surface area (Å²) in [6, 6.07) is 2.47. The van der Waals surface area contributed by atoms with Crippen molar-refractivity contribution in [1.29, 1.82) is 5.26 Å². The molecule has 0 aromatic rings. The van der Waals surface area contributed by atoms with Crippen LogP contribution in [0.4, 0.5) is 0 Å². The summed E-state index contributed by atoms with van der Waals surface area (Å²) in [5.74, 6) is 0.832. The maximum absolute atomic E-state index is 12.6. The van der Waals surface area contributed by atoms with Crippen LogP contribution in [0, 0.1) is 29.1 Å². The molecule has 0 spiro atoms. The number of unbranched alkanes of at least 4 members (excludes halogenated alkanes) is 7. The van der Waals surface area contributed by atoms with Crippen LogP contribution < -0.4 is 0 Å². The number of fused-ring (bicyclic) bond motifs is 3. The van der Waals surface area contributed by atoms with Crippen LogP contribution in [0.25, 0.3) is 0 Å². The van der Waals surface area contributed by atoms with Gasteiger partial charge in [-0.2, -0.15) is 5.26 Å². The second-order valence-electron chi connectivity index (χ2n) is 9.11. The van der Waals surface area contributed by atoms with Crippen molar-refractivity contribution in [2.24, 2.45) is 17.8 Å². The third kappa shape index (κ3) is 8.39. The first-order chi connectivity index (χ1) is 14.1. The molecule has 5 heteroatoms. The van der Waals surface area contributed by atoms with Gasteiger partial charge in [-0.15, -0.1) is 23.2 Å². The Kier molecular flexibility index (Phi) is 12.0. The van der Waals surface area contributed by atoms with Gasteiger partial charge >= 0.3 is 0 Å². The van der Waals surface area contributed by atoms with Gasteiger partial charge in [0.1, 0.15) is 10.9 Å². The van der Waals surface area contributed by atoms with Gasteiger partial charge in [-0.05, 0) is 44.4 Å². The number of carbonyl (C=O) groups excluding carboxylic acids is 1. The average molecular weight is 444 g/mol. The van der Waals surface area contributed by atoms with Gasteiger partial charge in [-0.3, -0.25) is 4.79 Å². The SMILES string of the molecule is CCCCCCCCCC(C#N)CCCCC(=O)C1OC2CCC1CC2C(Cl)Cl. The lowest BCUT2D eigenvalue weighted by Gasteiger charge is -2.47. The molecule has 0 aromatic heterocycles. The lowest BCUT2D eigenvalue weighted by atomic mass is 9.73. The number of rotatable bonds is 15. The molecule has 2 bridgehead atoms. The zero-order valence-corrected chi connectivity index (χ0v) is 19.6. The molecular weight excluding hydrogens is 405 g/mol. The van der Waals surface area contributed by atoms with Crippen molar-refractivity contribution < 1.29 is 9.53 Å². The van der Waals surface area contributed by atoms with Crippen LogP contribution >= 0.6 is 23.2 Å². The number of hydrogen-bond donors (Lipinski definition) is 0. The van der Waals surface area contributed by atoms with Crippen LogP contribution in [-0.4, -0.2) is 22.8 Å². The smallest absolute Gasteiger partial charge is 0.161 e. The number of alkyl halides is 2. The average Bonchev–Trinajstić information content (AvgIpc) is 2.74. The van der Waals surface area contributed by atoms with Crippen LogP contribution in [0.2, 0.25) is 0 Å². The fourth-order valence-electron chi connectivity index (χ4n) is 5.01. The number of nitrogens with zero attached hydrogens (tertiary/aromatic N) is 1. The van der Waals surface area contributed by atoms with Crippen molar-refractivity contribution in [3.8, 4) is 6.07 Å². The fraction of sp³-hybridized carbons (Fsp3) is 0.917. The van der Waals surface area contributed by atoms with Gasteiger partial charge in [0.05, 0.1) is 12.2 Å². The Hall–Kier alpha value is -0.300. The second kappa shape index (κ2) is 13.9. The van der Waals surface area contributed by atoms with E-state index in [0.717, 1.165) is 51.4 Å². The third-order valence-corrected chi connectivity index (χ3v) is 7.48. The Morgan fingerprint density at radius 3 is 2.28 bits per heavy atom. The first-order valence-corrected chi connectivity index (χ1v) is 12.8. The lowest BCUT2D eigenvalue weighted by molar-refractivity contribution is -0.170. The summed E-state index contributed by atoms with van der Waals surface area (Å²) < 4.78 is 6.05. The summed E-state index contributed by atoms with van der Waals surface area (Å²) in [6.07, 6.45) is 16.0. The van der Waals surface area contributed by atoms with Gasteiger partial charge in [0.15, 0.2) is 5.78 Å². The summed E-state index contributed by atoms with van der Waals surface area (Å²) in [4.78, 5) is 12.2. The molecule has 0 aromatic carbocycles. The number of nitriles is 1. The summed E-state index contributed by atoms with van der Waals surface area (Å²) >= 11 is 12.1. The molecule has 0 radical (unpaired) electrons. The van der Waals surface area contributed by atoms with E-state index in [0.29, 0.717) is 6.42 Å². The molecule has 0 N–H and O–H groups in total. The third-order valence-electron chi connectivity index (χ3n) is 6.83. The van der Waals surface area contributed by atoms with Crippen molar-refractivity contribution in [2.75, 3.05) is 0 Å². The quantitative estimate of drug-likeness (QED) is 0.196. The van der Waals surface area contributed by atoms with Crippen LogP contribution in [-0.2, 0) is 9.53 Å².